The van der Waals surface area contributed by atoms with Crippen molar-refractivity contribution in [1.29, 1.82) is 0 Å². The Morgan fingerprint density at radius 3 is 1.84 bits per heavy atom. The first kappa shape index (κ1) is 34.2. The van der Waals surface area contributed by atoms with Crippen LogP contribution in [0.3, 0.4) is 0 Å². The van der Waals surface area contributed by atoms with Gasteiger partial charge in [-0.05, 0) is 92.6 Å². The summed E-state index contributed by atoms with van der Waals surface area (Å²) in [5.41, 5.74) is 19.0. The van der Waals surface area contributed by atoms with E-state index in [-0.39, 0.29) is 10.8 Å². The van der Waals surface area contributed by atoms with Crippen molar-refractivity contribution in [1.82, 2.24) is 9.97 Å². The Bertz CT molecular complexity index is 2730. The number of nitrogens with zero attached hydrogens (tertiary/aromatic N) is 2. The molecule has 1 heterocycles. The third-order valence-electron chi connectivity index (χ3n) is 13.8. The standard InChI is InChI=1S/C55H46N2/c1-54(2)48-32-41(27-28-44(48)45-34-50-46(33-49(45)54)43-21-10-11-22-47(43)55(50)29-12-5-13-30-55)40-19-14-20-42(31-40)52-35-51(56-53(57-52)39-17-8-4-9-18-39)38-25-23-37(24-26-38)36-15-6-3-7-16-36/h3-4,6-11,14-28,31-35,46,50H,5,12-13,29-30H2,1-2H3. The van der Waals surface area contributed by atoms with Crippen molar-refractivity contribution < 1.29 is 0 Å². The van der Waals surface area contributed by atoms with Crippen LogP contribution in [0.15, 0.2) is 175 Å². The van der Waals surface area contributed by atoms with E-state index in [2.05, 4.69) is 178 Å². The minimum absolute atomic E-state index is 0.0841. The summed E-state index contributed by atoms with van der Waals surface area (Å²) in [7, 11) is 0. The van der Waals surface area contributed by atoms with Crippen molar-refractivity contribution in [2.75, 3.05) is 0 Å². The summed E-state index contributed by atoms with van der Waals surface area (Å²) in [6.45, 7) is 4.88. The highest BCUT2D eigenvalue weighted by Gasteiger charge is 2.53. The number of fused-ring (bicyclic) bond motifs is 8. The van der Waals surface area contributed by atoms with Gasteiger partial charge in [-0.1, -0.05) is 185 Å². The van der Waals surface area contributed by atoms with Crippen LogP contribution in [0.4, 0.5) is 0 Å². The van der Waals surface area contributed by atoms with Crippen molar-refractivity contribution in [3.8, 4) is 56.2 Å². The quantitative estimate of drug-likeness (QED) is 0.176. The molecule has 276 valence electrons. The van der Waals surface area contributed by atoms with Gasteiger partial charge in [0, 0.05) is 33.4 Å². The van der Waals surface area contributed by atoms with Gasteiger partial charge in [0.25, 0.3) is 0 Å². The molecule has 1 aromatic heterocycles. The number of hydrogen-bond donors (Lipinski definition) is 0. The van der Waals surface area contributed by atoms with Crippen LogP contribution < -0.4 is 0 Å². The molecule has 2 unspecified atom stereocenters. The summed E-state index contributed by atoms with van der Waals surface area (Å²) in [6.07, 6.45) is 12.1. The fourth-order valence-electron chi connectivity index (χ4n) is 10.9. The van der Waals surface area contributed by atoms with E-state index in [4.69, 9.17) is 9.97 Å². The van der Waals surface area contributed by atoms with Crippen molar-refractivity contribution in [3.63, 3.8) is 0 Å². The molecular weight excluding hydrogens is 689 g/mol. The van der Waals surface area contributed by atoms with Crippen LogP contribution in [0.1, 0.15) is 74.1 Å². The first-order valence-electron chi connectivity index (χ1n) is 20.9. The van der Waals surface area contributed by atoms with Gasteiger partial charge in [-0.15, -0.1) is 0 Å². The Labute approximate surface area is 336 Å². The molecule has 4 aliphatic carbocycles. The molecule has 2 heteroatoms. The second-order valence-electron chi connectivity index (χ2n) is 17.3. The Morgan fingerprint density at radius 1 is 0.474 bits per heavy atom. The van der Waals surface area contributed by atoms with Crippen molar-refractivity contribution in [2.45, 2.75) is 62.7 Å². The summed E-state index contributed by atoms with van der Waals surface area (Å²) in [4.78, 5) is 10.3. The van der Waals surface area contributed by atoms with E-state index in [1.54, 1.807) is 11.1 Å². The van der Waals surface area contributed by atoms with Gasteiger partial charge in [0.15, 0.2) is 5.82 Å². The summed E-state index contributed by atoms with van der Waals surface area (Å²) < 4.78 is 0. The van der Waals surface area contributed by atoms with Crippen molar-refractivity contribution in [2.24, 2.45) is 5.92 Å². The van der Waals surface area contributed by atoms with Gasteiger partial charge in [0.2, 0.25) is 0 Å². The van der Waals surface area contributed by atoms with Gasteiger partial charge in [-0.3, -0.25) is 0 Å². The molecule has 1 saturated carbocycles. The molecule has 57 heavy (non-hydrogen) atoms. The molecule has 0 saturated heterocycles. The summed E-state index contributed by atoms with van der Waals surface area (Å²) >= 11 is 0. The topological polar surface area (TPSA) is 25.8 Å². The highest BCUT2D eigenvalue weighted by Crippen LogP contribution is 2.63. The zero-order chi connectivity index (χ0) is 38.1. The Hall–Kier alpha value is -6.12. The normalized spacial score (nSPS) is 19.5. The maximum Gasteiger partial charge on any atom is 0.160 e. The predicted molar refractivity (Wildman–Crippen MR) is 236 cm³/mol. The minimum Gasteiger partial charge on any atom is -0.228 e. The summed E-state index contributed by atoms with van der Waals surface area (Å²) in [6, 6.07) is 57.3. The molecule has 2 nitrogen and oxygen atoms in total. The van der Waals surface area contributed by atoms with Crippen molar-refractivity contribution >= 4 is 5.57 Å². The third kappa shape index (κ3) is 5.52. The van der Waals surface area contributed by atoms with E-state index < -0.39 is 0 Å². The number of rotatable bonds is 5. The van der Waals surface area contributed by atoms with E-state index in [1.165, 1.54) is 76.6 Å². The lowest BCUT2D eigenvalue weighted by Gasteiger charge is -2.41. The zero-order valence-electron chi connectivity index (χ0n) is 32.8. The van der Waals surface area contributed by atoms with Crippen LogP contribution in [-0.4, -0.2) is 9.97 Å². The van der Waals surface area contributed by atoms with Crippen LogP contribution >= 0.6 is 0 Å². The Morgan fingerprint density at radius 2 is 1.07 bits per heavy atom. The maximum absolute atomic E-state index is 5.18. The zero-order valence-corrected chi connectivity index (χ0v) is 32.8. The largest absolute Gasteiger partial charge is 0.228 e. The number of hydrogen-bond acceptors (Lipinski definition) is 2. The van der Waals surface area contributed by atoms with Gasteiger partial charge in [0.05, 0.1) is 11.4 Å². The molecular formula is C55H46N2. The molecule has 0 aliphatic heterocycles. The molecule has 11 rings (SSSR count). The summed E-state index contributed by atoms with van der Waals surface area (Å²) in [5, 5.41) is 0. The van der Waals surface area contributed by atoms with Gasteiger partial charge >= 0.3 is 0 Å². The number of aromatic nitrogens is 2. The van der Waals surface area contributed by atoms with Gasteiger partial charge in [0.1, 0.15) is 0 Å². The van der Waals surface area contributed by atoms with Crippen LogP contribution in [0.2, 0.25) is 0 Å². The lowest BCUT2D eigenvalue weighted by molar-refractivity contribution is 0.233. The van der Waals surface area contributed by atoms with Gasteiger partial charge in [-0.2, -0.15) is 0 Å². The van der Waals surface area contributed by atoms with E-state index in [9.17, 15) is 0 Å². The molecule has 1 fully saturated rings. The number of benzene rings is 6. The average molecular weight is 735 g/mol. The highest BCUT2D eigenvalue weighted by molar-refractivity contribution is 5.93. The minimum atomic E-state index is -0.0841. The molecule has 0 amide bonds. The molecule has 6 aromatic carbocycles. The Kier molecular flexibility index (Phi) is 7.93. The molecule has 0 N–H and O–H groups in total. The van der Waals surface area contributed by atoms with Crippen LogP contribution in [0.5, 0.6) is 0 Å². The molecule has 4 aliphatic rings. The van der Waals surface area contributed by atoms with Crippen molar-refractivity contribution in [3.05, 3.63) is 198 Å². The molecule has 0 bridgehead atoms. The second-order valence-corrected chi connectivity index (χ2v) is 17.3. The SMILES string of the molecule is CC1(C)C2=CC3c4ccccc4C4(CCCCC4)C3C=C2c2ccc(-c3cccc(-c4cc(-c5ccc(-c6ccccc6)cc5)nc(-c5ccccc5)n4)c3)cc21. The highest BCUT2D eigenvalue weighted by atomic mass is 14.9. The predicted octanol–water partition coefficient (Wildman–Crippen LogP) is 14.0. The molecule has 2 atom stereocenters. The smallest absolute Gasteiger partial charge is 0.160 e. The fraction of sp³-hybridized carbons (Fsp3) is 0.200. The van der Waals surface area contributed by atoms with E-state index in [1.807, 2.05) is 6.07 Å². The van der Waals surface area contributed by atoms with E-state index in [0.717, 1.165) is 33.9 Å². The third-order valence-corrected chi connectivity index (χ3v) is 13.8. The van der Waals surface area contributed by atoms with Crippen LogP contribution in [0, 0.1) is 5.92 Å². The molecule has 7 aromatic rings. The first-order chi connectivity index (χ1) is 28.0. The lowest BCUT2D eigenvalue weighted by atomic mass is 9.62. The van der Waals surface area contributed by atoms with Crippen LogP contribution in [-0.2, 0) is 10.8 Å². The van der Waals surface area contributed by atoms with Crippen LogP contribution in [0.25, 0.3) is 61.7 Å². The Balaban J connectivity index is 0.969. The first-order valence-corrected chi connectivity index (χ1v) is 20.9. The monoisotopic (exact) mass is 734 g/mol. The van der Waals surface area contributed by atoms with Gasteiger partial charge in [-0.25, -0.2) is 9.97 Å². The lowest BCUT2D eigenvalue weighted by Crippen LogP contribution is -2.35. The van der Waals surface area contributed by atoms with E-state index in [0.29, 0.717) is 11.8 Å². The average Bonchev–Trinajstić information content (AvgIpc) is 3.66. The summed E-state index contributed by atoms with van der Waals surface area (Å²) in [5.74, 6) is 1.72. The fourth-order valence-corrected chi connectivity index (χ4v) is 10.9. The van der Waals surface area contributed by atoms with E-state index >= 15 is 0 Å². The maximum atomic E-state index is 5.18. The number of allylic oxidation sites excluding steroid dienone is 4. The second kappa shape index (κ2) is 13.2. The molecule has 1 spiro atoms. The molecule has 0 radical (unpaired) electrons. The van der Waals surface area contributed by atoms with Gasteiger partial charge < -0.3 is 0 Å².